The summed E-state index contributed by atoms with van der Waals surface area (Å²) in [5.74, 6) is -0.0673. The maximum atomic E-state index is 12.4. The monoisotopic (exact) mass is 404 g/mol. The molecule has 2 rings (SSSR count). The van der Waals surface area contributed by atoms with Gasteiger partial charge >= 0.3 is 6.09 Å². The molecule has 3 N–H and O–H groups in total. The first-order chi connectivity index (χ1) is 13.0. The molecule has 0 fully saturated rings. The summed E-state index contributed by atoms with van der Waals surface area (Å²) in [6.07, 6.45) is -0.493. The van der Waals surface area contributed by atoms with Gasteiger partial charge in [-0.2, -0.15) is 0 Å². The third-order valence-corrected chi connectivity index (χ3v) is 4.23. The number of benzene rings is 1. The van der Waals surface area contributed by atoms with Crippen molar-refractivity contribution >= 4 is 34.2 Å². The van der Waals surface area contributed by atoms with Crippen LogP contribution in [0, 0.1) is 5.92 Å². The maximum absolute atomic E-state index is 12.4. The fourth-order valence-electron chi connectivity index (χ4n) is 2.49. The number of thiazole rings is 1. The Morgan fingerprint density at radius 3 is 2.39 bits per heavy atom. The summed E-state index contributed by atoms with van der Waals surface area (Å²) >= 11 is 1.38. The van der Waals surface area contributed by atoms with E-state index in [2.05, 4.69) is 10.3 Å². The zero-order valence-electron chi connectivity index (χ0n) is 17.0. The van der Waals surface area contributed by atoms with Crippen molar-refractivity contribution < 1.29 is 14.3 Å². The third kappa shape index (κ3) is 6.84. The van der Waals surface area contributed by atoms with Crippen molar-refractivity contribution in [3.63, 3.8) is 0 Å². The molecule has 0 aliphatic carbocycles. The van der Waals surface area contributed by atoms with Gasteiger partial charge in [-0.25, -0.2) is 9.78 Å². The van der Waals surface area contributed by atoms with Crippen molar-refractivity contribution in [2.75, 3.05) is 24.1 Å². The van der Waals surface area contributed by atoms with Gasteiger partial charge < -0.3 is 15.8 Å². The molecule has 1 aromatic heterocycles. The number of carbonyl (C=O) groups excluding carboxylic acids is 2. The van der Waals surface area contributed by atoms with Crippen LogP contribution in [0.3, 0.4) is 0 Å². The van der Waals surface area contributed by atoms with Gasteiger partial charge in [0.25, 0.3) is 0 Å². The summed E-state index contributed by atoms with van der Waals surface area (Å²) in [5.41, 5.74) is 7.41. The Morgan fingerprint density at radius 1 is 1.25 bits per heavy atom. The van der Waals surface area contributed by atoms with Crippen LogP contribution in [-0.2, 0) is 9.53 Å². The van der Waals surface area contributed by atoms with Crippen LogP contribution in [-0.4, -0.2) is 40.6 Å². The Labute approximate surface area is 169 Å². The van der Waals surface area contributed by atoms with Crippen LogP contribution in [0.15, 0.2) is 29.6 Å². The number of ether oxygens (including phenoxy) is 1. The SMILES string of the molecule is CC(C)CN(CC(=O)Nc1ccc(-c2csc(N)n2)cc1)C(=O)OC(C)(C)C. The van der Waals surface area contributed by atoms with Crippen LogP contribution < -0.4 is 11.1 Å². The minimum atomic E-state index is -0.613. The summed E-state index contributed by atoms with van der Waals surface area (Å²) < 4.78 is 5.41. The molecule has 2 aromatic rings. The topological polar surface area (TPSA) is 97.5 Å². The molecule has 0 aliphatic heterocycles. The van der Waals surface area contributed by atoms with Crippen LogP contribution in [0.5, 0.6) is 0 Å². The van der Waals surface area contributed by atoms with Crippen molar-refractivity contribution in [1.29, 1.82) is 0 Å². The average Bonchev–Trinajstić information content (AvgIpc) is 2.99. The molecule has 0 atom stereocenters. The molecule has 1 aromatic carbocycles. The molecule has 0 spiro atoms. The highest BCUT2D eigenvalue weighted by Gasteiger charge is 2.24. The summed E-state index contributed by atoms with van der Waals surface area (Å²) in [7, 11) is 0. The van der Waals surface area contributed by atoms with Crippen LogP contribution in [0.25, 0.3) is 11.3 Å². The summed E-state index contributed by atoms with van der Waals surface area (Å²) in [4.78, 5) is 30.5. The van der Waals surface area contributed by atoms with E-state index in [1.165, 1.54) is 16.2 Å². The van der Waals surface area contributed by atoms with E-state index in [1.807, 2.05) is 31.4 Å². The van der Waals surface area contributed by atoms with Gasteiger partial charge in [0, 0.05) is 23.2 Å². The van der Waals surface area contributed by atoms with Gasteiger partial charge in [-0.3, -0.25) is 9.69 Å². The summed E-state index contributed by atoms with van der Waals surface area (Å²) in [6.45, 7) is 9.74. The van der Waals surface area contributed by atoms with E-state index in [1.54, 1.807) is 32.9 Å². The van der Waals surface area contributed by atoms with E-state index in [4.69, 9.17) is 10.5 Å². The number of nitrogens with one attached hydrogen (secondary N) is 1. The number of nitrogens with two attached hydrogens (primary N) is 1. The van der Waals surface area contributed by atoms with Gasteiger partial charge in [-0.1, -0.05) is 26.0 Å². The second-order valence-corrected chi connectivity index (χ2v) is 8.84. The van der Waals surface area contributed by atoms with Crippen molar-refractivity contribution in [3.05, 3.63) is 29.6 Å². The average molecular weight is 405 g/mol. The lowest BCUT2D eigenvalue weighted by Crippen LogP contribution is -2.43. The van der Waals surface area contributed by atoms with E-state index < -0.39 is 11.7 Å². The number of nitrogens with zero attached hydrogens (tertiary/aromatic N) is 2. The zero-order valence-corrected chi connectivity index (χ0v) is 17.8. The molecule has 0 aliphatic rings. The molecule has 0 bridgehead atoms. The number of hydrogen-bond acceptors (Lipinski definition) is 6. The zero-order chi connectivity index (χ0) is 20.9. The Kier molecular flexibility index (Phi) is 7.01. The Morgan fingerprint density at radius 2 is 1.89 bits per heavy atom. The number of anilines is 2. The molecule has 28 heavy (non-hydrogen) atoms. The van der Waals surface area contributed by atoms with Crippen LogP contribution in [0.2, 0.25) is 0 Å². The Hall–Kier alpha value is -2.61. The van der Waals surface area contributed by atoms with Crippen molar-refractivity contribution in [1.82, 2.24) is 9.88 Å². The molecule has 7 nitrogen and oxygen atoms in total. The van der Waals surface area contributed by atoms with E-state index in [0.29, 0.717) is 17.4 Å². The highest BCUT2D eigenvalue weighted by molar-refractivity contribution is 7.13. The highest BCUT2D eigenvalue weighted by atomic mass is 32.1. The molecule has 0 saturated carbocycles. The molecule has 0 saturated heterocycles. The first-order valence-electron chi connectivity index (χ1n) is 9.12. The molecule has 1 heterocycles. The molecule has 2 amide bonds. The number of rotatable bonds is 6. The molecular formula is C20H28N4O3S. The number of nitrogen functional groups attached to an aromatic ring is 1. The van der Waals surface area contributed by atoms with Crippen molar-refractivity contribution in [2.45, 2.75) is 40.2 Å². The minimum Gasteiger partial charge on any atom is -0.444 e. The number of hydrogen-bond donors (Lipinski definition) is 2. The normalized spacial score (nSPS) is 11.4. The minimum absolute atomic E-state index is 0.0720. The fraction of sp³-hybridized carbons (Fsp3) is 0.450. The predicted molar refractivity (Wildman–Crippen MR) is 113 cm³/mol. The maximum Gasteiger partial charge on any atom is 0.410 e. The molecule has 0 radical (unpaired) electrons. The lowest BCUT2D eigenvalue weighted by molar-refractivity contribution is -0.117. The highest BCUT2D eigenvalue weighted by Crippen LogP contribution is 2.24. The summed E-state index contributed by atoms with van der Waals surface area (Å²) in [6, 6.07) is 7.32. The van der Waals surface area contributed by atoms with Crippen LogP contribution >= 0.6 is 11.3 Å². The molecule has 152 valence electrons. The standard InChI is InChI=1S/C20H28N4O3S/c1-13(2)10-24(19(26)27-20(3,4)5)11-17(25)22-15-8-6-14(7-9-15)16-12-28-18(21)23-16/h6-9,12-13H,10-11H2,1-5H3,(H2,21,23)(H,22,25). The van der Waals surface area contributed by atoms with Gasteiger partial charge in [0.05, 0.1) is 5.69 Å². The quantitative estimate of drug-likeness (QED) is 0.751. The van der Waals surface area contributed by atoms with Gasteiger partial charge in [0.1, 0.15) is 12.1 Å². The van der Waals surface area contributed by atoms with E-state index in [0.717, 1.165) is 11.3 Å². The number of aromatic nitrogens is 1. The molecular weight excluding hydrogens is 376 g/mol. The smallest absolute Gasteiger partial charge is 0.410 e. The van der Waals surface area contributed by atoms with Crippen LogP contribution in [0.4, 0.5) is 15.6 Å². The Bertz CT molecular complexity index is 810. The van der Waals surface area contributed by atoms with Crippen LogP contribution in [0.1, 0.15) is 34.6 Å². The van der Waals surface area contributed by atoms with Crippen molar-refractivity contribution in [3.8, 4) is 11.3 Å². The van der Waals surface area contributed by atoms with E-state index >= 15 is 0 Å². The van der Waals surface area contributed by atoms with Gasteiger partial charge in [0.15, 0.2) is 5.13 Å². The number of amides is 2. The predicted octanol–water partition coefficient (Wildman–Crippen LogP) is 4.22. The Balaban J connectivity index is 2.00. The fourth-order valence-corrected chi connectivity index (χ4v) is 3.06. The third-order valence-electron chi connectivity index (χ3n) is 3.56. The van der Waals surface area contributed by atoms with Gasteiger partial charge in [-0.05, 0) is 38.8 Å². The lowest BCUT2D eigenvalue weighted by atomic mass is 10.1. The molecule has 8 heteroatoms. The van der Waals surface area contributed by atoms with E-state index in [-0.39, 0.29) is 18.4 Å². The number of carbonyl (C=O) groups is 2. The lowest BCUT2D eigenvalue weighted by Gasteiger charge is -2.28. The second-order valence-electron chi connectivity index (χ2n) is 7.95. The van der Waals surface area contributed by atoms with Gasteiger partial charge in [0.2, 0.25) is 5.91 Å². The molecule has 0 unspecified atom stereocenters. The first kappa shape index (κ1) is 21.7. The van der Waals surface area contributed by atoms with E-state index in [9.17, 15) is 9.59 Å². The van der Waals surface area contributed by atoms with Crippen molar-refractivity contribution in [2.24, 2.45) is 5.92 Å². The largest absolute Gasteiger partial charge is 0.444 e. The summed E-state index contributed by atoms with van der Waals surface area (Å²) in [5, 5.41) is 5.21. The van der Waals surface area contributed by atoms with Gasteiger partial charge in [-0.15, -0.1) is 11.3 Å². The second kappa shape index (κ2) is 9.05. The first-order valence-corrected chi connectivity index (χ1v) is 10.0.